The maximum Gasteiger partial charge on any atom is 0.371 e. The number of hydrogen-bond donors (Lipinski definition) is 1. The fourth-order valence-electron chi connectivity index (χ4n) is 3.05. The van der Waals surface area contributed by atoms with Crippen LogP contribution in [-0.2, 0) is 13.0 Å². The van der Waals surface area contributed by atoms with E-state index in [9.17, 15) is 4.79 Å². The molecule has 1 aliphatic rings. The van der Waals surface area contributed by atoms with Gasteiger partial charge in [0.05, 0.1) is 12.2 Å². The van der Waals surface area contributed by atoms with Gasteiger partial charge in [-0.05, 0) is 25.5 Å². The van der Waals surface area contributed by atoms with Crippen LogP contribution in [0.5, 0.6) is 0 Å². The van der Waals surface area contributed by atoms with Crippen molar-refractivity contribution >= 4 is 5.97 Å². The second kappa shape index (κ2) is 6.31. The predicted octanol–water partition coefficient (Wildman–Crippen LogP) is 1.97. The quantitative estimate of drug-likeness (QED) is 0.909. The van der Waals surface area contributed by atoms with E-state index in [0.717, 1.165) is 37.3 Å². The smallest absolute Gasteiger partial charge is 0.371 e. The first-order valence-corrected chi connectivity index (χ1v) is 7.60. The van der Waals surface area contributed by atoms with Crippen molar-refractivity contribution < 1.29 is 14.3 Å². The van der Waals surface area contributed by atoms with Gasteiger partial charge in [0.2, 0.25) is 5.76 Å². The van der Waals surface area contributed by atoms with Crippen molar-refractivity contribution in [2.45, 2.75) is 38.8 Å². The lowest BCUT2D eigenvalue weighted by Gasteiger charge is -2.32. The van der Waals surface area contributed by atoms with Gasteiger partial charge in [-0.2, -0.15) is 0 Å². The molecule has 0 radical (unpaired) electrons. The third kappa shape index (κ3) is 3.04. The zero-order valence-corrected chi connectivity index (χ0v) is 12.6. The minimum Gasteiger partial charge on any atom is -0.475 e. The first-order chi connectivity index (χ1) is 10.7. The minimum absolute atomic E-state index is 0.0247. The van der Waals surface area contributed by atoms with Gasteiger partial charge in [-0.1, -0.05) is 12.1 Å². The molecule has 1 aliphatic heterocycles. The molecule has 1 unspecified atom stereocenters. The summed E-state index contributed by atoms with van der Waals surface area (Å²) in [6.07, 6.45) is 6.47. The summed E-state index contributed by atoms with van der Waals surface area (Å²) in [4.78, 5) is 13.4. The molecule has 1 atom stereocenters. The molecule has 22 heavy (non-hydrogen) atoms. The SMILES string of the molecule is CCc1oc(C(=O)O)cc1CN1CCCC(n2ccnn2)C1. The third-order valence-corrected chi connectivity index (χ3v) is 4.12. The number of piperidine rings is 1. The Morgan fingerprint density at radius 2 is 2.41 bits per heavy atom. The highest BCUT2D eigenvalue weighted by Crippen LogP contribution is 2.24. The van der Waals surface area contributed by atoms with E-state index in [1.165, 1.54) is 0 Å². The number of aromatic carboxylic acids is 1. The highest BCUT2D eigenvalue weighted by atomic mass is 16.4. The average Bonchev–Trinajstić information content (AvgIpc) is 3.17. The summed E-state index contributed by atoms with van der Waals surface area (Å²) in [5.41, 5.74) is 0.971. The fraction of sp³-hybridized carbons (Fsp3) is 0.533. The number of aromatic nitrogens is 3. The Balaban J connectivity index is 1.71. The zero-order chi connectivity index (χ0) is 15.5. The first-order valence-electron chi connectivity index (χ1n) is 7.60. The van der Waals surface area contributed by atoms with Crippen molar-refractivity contribution in [1.82, 2.24) is 19.9 Å². The summed E-state index contributed by atoms with van der Waals surface area (Å²) >= 11 is 0. The van der Waals surface area contributed by atoms with Crippen molar-refractivity contribution in [3.63, 3.8) is 0 Å². The van der Waals surface area contributed by atoms with Crippen molar-refractivity contribution in [1.29, 1.82) is 0 Å². The molecular formula is C15H20N4O3. The van der Waals surface area contributed by atoms with E-state index in [4.69, 9.17) is 9.52 Å². The molecule has 0 bridgehead atoms. The van der Waals surface area contributed by atoms with Gasteiger partial charge in [0.15, 0.2) is 0 Å². The molecule has 1 fully saturated rings. The molecule has 0 aliphatic carbocycles. The maximum atomic E-state index is 11.1. The van der Waals surface area contributed by atoms with Crippen molar-refractivity contribution in [2.75, 3.05) is 13.1 Å². The number of furan rings is 1. The molecule has 2 aromatic heterocycles. The molecule has 1 saturated heterocycles. The molecule has 7 heteroatoms. The van der Waals surface area contributed by atoms with Gasteiger partial charge in [0, 0.05) is 31.3 Å². The van der Waals surface area contributed by atoms with E-state index in [-0.39, 0.29) is 5.76 Å². The maximum absolute atomic E-state index is 11.1. The van der Waals surface area contributed by atoms with E-state index < -0.39 is 5.97 Å². The van der Waals surface area contributed by atoms with Crippen LogP contribution in [0.4, 0.5) is 0 Å². The van der Waals surface area contributed by atoms with Crippen LogP contribution in [0.25, 0.3) is 0 Å². The van der Waals surface area contributed by atoms with Crippen LogP contribution in [0.1, 0.15) is 47.7 Å². The number of carboxylic acids is 1. The summed E-state index contributed by atoms with van der Waals surface area (Å²) < 4.78 is 7.32. The van der Waals surface area contributed by atoms with Crippen LogP contribution in [0.2, 0.25) is 0 Å². The monoisotopic (exact) mass is 304 g/mol. The van der Waals surface area contributed by atoms with Crippen LogP contribution < -0.4 is 0 Å². The normalized spacial score (nSPS) is 19.4. The van der Waals surface area contributed by atoms with Gasteiger partial charge in [0.1, 0.15) is 5.76 Å². The van der Waals surface area contributed by atoms with Crippen LogP contribution in [0.15, 0.2) is 22.9 Å². The average molecular weight is 304 g/mol. The molecule has 0 aromatic carbocycles. The lowest BCUT2D eigenvalue weighted by Crippen LogP contribution is -2.36. The number of nitrogens with zero attached hydrogens (tertiary/aromatic N) is 4. The Morgan fingerprint density at radius 3 is 3.09 bits per heavy atom. The number of rotatable bonds is 5. The Kier molecular flexibility index (Phi) is 4.24. The largest absolute Gasteiger partial charge is 0.475 e. The number of aryl methyl sites for hydroxylation is 1. The molecule has 7 nitrogen and oxygen atoms in total. The molecule has 118 valence electrons. The summed E-state index contributed by atoms with van der Waals surface area (Å²) in [7, 11) is 0. The Bertz CT molecular complexity index is 635. The molecule has 3 rings (SSSR count). The van der Waals surface area contributed by atoms with Gasteiger partial charge in [-0.25, -0.2) is 9.48 Å². The van der Waals surface area contributed by atoms with E-state index in [0.29, 0.717) is 19.0 Å². The molecule has 2 aromatic rings. The Hall–Kier alpha value is -2.15. The van der Waals surface area contributed by atoms with Gasteiger partial charge >= 0.3 is 5.97 Å². The molecule has 3 heterocycles. The topological polar surface area (TPSA) is 84.4 Å². The van der Waals surface area contributed by atoms with E-state index >= 15 is 0 Å². The lowest BCUT2D eigenvalue weighted by molar-refractivity contribution is 0.0660. The summed E-state index contributed by atoms with van der Waals surface area (Å²) in [5.74, 6) is -0.225. The lowest BCUT2D eigenvalue weighted by atomic mass is 10.0. The molecule has 1 N–H and O–H groups in total. The van der Waals surface area contributed by atoms with Crippen LogP contribution >= 0.6 is 0 Å². The number of hydrogen-bond acceptors (Lipinski definition) is 5. The Labute approximate surface area is 128 Å². The van der Waals surface area contributed by atoms with Crippen LogP contribution in [0, 0.1) is 0 Å². The fourth-order valence-corrected chi connectivity index (χ4v) is 3.05. The number of carboxylic acid groups (broad SMARTS) is 1. The first kappa shape index (κ1) is 14.8. The summed E-state index contributed by atoms with van der Waals surface area (Å²) in [6, 6.07) is 1.98. The molecule has 0 amide bonds. The highest BCUT2D eigenvalue weighted by Gasteiger charge is 2.24. The second-order valence-corrected chi connectivity index (χ2v) is 5.63. The second-order valence-electron chi connectivity index (χ2n) is 5.63. The van der Waals surface area contributed by atoms with Crippen LogP contribution in [-0.4, -0.2) is 44.1 Å². The minimum atomic E-state index is -1.01. The van der Waals surface area contributed by atoms with Crippen molar-refractivity contribution in [3.8, 4) is 0 Å². The van der Waals surface area contributed by atoms with Crippen molar-refractivity contribution in [3.05, 3.63) is 35.5 Å². The molecule has 0 saturated carbocycles. The summed E-state index contributed by atoms with van der Waals surface area (Å²) in [5, 5.41) is 17.0. The zero-order valence-electron chi connectivity index (χ0n) is 12.6. The molecule has 0 spiro atoms. The number of likely N-dealkylation sites (tertiary alicyclic amines) is 1. The Morgan fingerprint density at radius 1 is 1.55 bits per heavy atom. The molecular weight excluding hydrogens is 284 g/mol. The van der Waals surface area contributed by atoms with E-state index in [2.05, 4.69) is 15.2 Å². The van der Waals surface area contributed by atoms with Crippen molar-refractivity contribution in [2.24, 2.45) is 0 Å². The predicted molar refractivity (Wildman–Crippen MR) is 78.6 cm³/mol. The number of carbonyl (C=O) groups is 1. The third-order valence-electron chi connectivity index (χ3n) is 4.12. The summed E-state index contributed by atoms with van der Waals surface area (Å²) in [6.45, 7) is 4.58. The van der Waals surface area contributed by atoms with Gasteiger partial charge in [0.25, 0.3) is 0 Å². The van der Waals surface area contributed by atoms with Gasteiger partial charge in [-0.3, -0.25) is 4.90 Å². The van der Waals surface area contributed by atoms with Gasteiger partial charge in [-0.15, -0.1) is 5.10 Å². The standard InChI is InChI=1S/C15H20N4O3/c1-2-13-11(8-14(22-13)15(20)21)9-18-6-3-4-12(10-18)19-7-5-16-17-19/h5,7-8,12H,2-4,6,9-10H2,1H3,(H,20,21). The van der Waals surface area contributed by atoms with E-state index in [1.807, 2.05) is 17.8 Å². The van der Waals surface area contributed by atoms with Crippen LogP contribution in [0.3, 0.4) is 0 Å². The van der Waals surface area contributed by atoms with E-state index in [1.54, 1.807) is 12.3 Å². The highest BCUT2D eigenvalue weighted by molar-refractivity contribution is 5.84. The van der Waals surface area contributed by atoms with Gasteiger partial charge < -0.3 is 9.52 Å².